The second-order valence-corrected chi connectivity index (χ2v) is 4.43. The molecule has 0 amide bonds. The smallest absolute Gasteiger partial charge is 0.218 e. The Morgan fingerprint density at radius 2 is 2.19 bits per heavy atom. The topological polar surface area (TPSA) is 73.1 Å². The third-order valence-corrected chi connectivity index (χ3v) is 1.82. The van der Waals surface area contributed by atoms with E-state index in [1.807, 2.05) is 13.8 Å². The van der Waals surface area contributed by atoms with E-state index in [1.54, 1.807) is 6.07 Å². The van der Waals surface area contributed by atoms with Crippen LogP contribution in [0.4, 0.5) is 5.82 Å². The molecule has 90 valence electrons. The van der Waals surface area contributed by atoms with E-state index in [0.29, 0.717) is 19.0 Å². The molecule has 0 atom stereocenters. The largest absolute Gasteiger partial charge is 0.478 e. The van der Waals surface area contributed by atoms with Crippen LogP contribution in [0.25, 0.3) is 0 Å². The maximum atomic E-state index is 5.86. The molecule has 16 heavy (non-hydrogen) atoms. The fourth-order valence-electron chi connectivity index (χ4n) is 1.04. The summed E-state index contributed by atoms with van der Waals surface area (Å²) in [5.41, 5.74) is 5.60. The summed E-state index contributed by atoms with van der Waals surface area (Å²) in [6.45, 7) is 7.28. The second kappa shape index (κ2) is 5.65. The van der Waals surface area contributed by atoms with Crippen LogP contribution in [0.3, 0.4) is 0 Å². The maximum absolute atomic E-state index is 5.86. The summed E-state index contributed by atoms with van der Waals surface area (Å²) in [5, 5.41) is 3.15. The van der Waals surface area contributed by atoms with Crippen molar-refractivity contribution in [1.29, 1.82) is 0 Å². The molecule has 0 aliphatic heterocycles. The Hall–Kier alpha value is -1.36. The third kappa shape index (κ3) is 4.93. The lowest BCUT2D eigenvalue weighted by atomic mass is 10.1. The Labute approximate surface area is 96.4 Å². The highest BCUT2D eigenvalue weighted by atomic mass is 16.5. The molecule has 5 nitrogen and oxygen atoms in total. The normalized spacial score (nSPS) is 11.2. The first-order chi connectivity index (χ1) is 7.51. The van der Waals surface area contributed by atoms with E-state index in [0.717, 1.165) is 12.2 Å². The molecular weight excluding hydrogens is 204 g/mol. The number of nitrogens with two attached hydrogens (primary N) is 1. The zero-order valence-corrected chi connectivity index (χ0v) is 10.2. The van der Waals surface area contributed by atoms with Crippen molar-refractivity contribution in [1.82, 2.24) is 9.97 Å². The van der Waals surface area contributed by atoms with Gasteiger partial charge in [-0.2, -0.15) is 0 Å². The van der Waals surface area contributed by atoms with Crippen LogP contribution >= 0.6 is 0 Å². The molecule has 1 aromatic heterocycles. The van der Waals surface area contributed by atoms with Crippen molar-refractivity contribution in [2.45, 2.75) is 32.7 Å². The highest BCUT2D eigenvalue weighted by Crippen LogP contribution is 2.11. The van der Waals surface area contributed by atoms with Crippen LogP contribution < -0.4 is 15.8 Å². The molecule has 5 heteroatoms. The summed E-state index contributed by atoms with van der Waals surface area (Å²) in [4.78, 5) is 8.11. The lowest BCUT2D eigenvalue weighted by Crippen LogP contribution is -2.39. The SMILES string of the molecule is CCCOc1cc(NCC(C)(C)N)ncn1. The Morgan fingerprint density at radius 3 is 2.81 bits per heavy atom. The van der Waals surface area contributed by atoms with Gasteiger partial charge in [0.15, 0.2) is 0 Å². The first-order valence-corrected chi connectivity index (χ1v) is 5.49. The van der Waals surface area contributed by atoms with Crippen molar-refractivity contribution < 1.29 is 4.74 Å². The summed E-state index contributed by atoms with van der Waals surface area (Å²) >= 11 is 0. The minimum absolute atomic E-state index is 0.268. The molecule has 0 radical (unpaired) electrons. The first-order valence-electron chi connectivity index (χ1n) is 5.49. The number of rotatable bonds is 6. The van der Waals surface area contributed by atoms with E-state index in [9.17, 15) is 0 Å². The molecule has 0 aliphatic carbocycles. The molecule has 0 bridgehead atoms. The lowest BCUT2D eigenvalue weighted by Gasteiger charge is -2.19. The molecular formula is C11H20N4O. The van der Waals surface area contributed by atoms with Gasteiger partial charge in [-0.25, -0.2) is 9.97 Å². The predicted octanol–water partition coefficient (Wildman–Crippen LogP) is 1.41. The zero-order valence-electron chi connectivity index (χ0n) is 10.2. The summed E-state index contributed by atoms with van der Waals surface area (Å²) in [6.07, 6.45) is 2.44. The quantitative estimate of drug-likeness (QED) is 0.764. The van der Waals surface area contributed by atoms with Gasteiger partial charge in [-0.1, -0.05) is 6.92 Å². The van der Waals surface area contributed by atoms with Crippen molar-refractivity contribution in [3.63, 3.8) is 0 Å². The average molecular weight is 224 g/mol. The van der Waals surface area contributed by atoms with Gasteiger partial charge in [-0.15, -0.1) is 0 Å². The number of hydrogen-bond donors (Lipinski definition) is 2. The average Bonchev–Trinajstić information content (AvgIpc) is 2.23. The number of aromatic nitrogens is 2. The van der Waals surface area contributed by atoms with Gasteiger partial charge in [0.25, 0.3) is 0 Å². The van der Waals surface area contributed by atoms with Crippen molar-refractivity contribution in [2.24, 2.45) is 5.73 Å². The molecule has 0 unspecified atom stereocenters. The molecule has 0 fully saturated rings. The van der Waals surface area contributed by atoms with E-state index in [-0.39, 0.29) is 5.54 Å². The van der Waals surface area contributed by atoms with Crippen molar-refractivity contribution in [2.75, 3.05) is 18.5 Å². The molecule has 0 saturated carbocycles. The Balaban J connectivity index is 2.53. The second-order valence-electron chi connectivity index (χ2n) is 4.43. The minimum atomic E-state index is -0.268. The number of hydrogen-bond acceptors (Lipinski definition) is 5. The molecule has 1 heterocycles. The number of nitrogens with zero attached hydrogens (tertiary/aromatic N) is 2. The maximum Gasteiger partial charge on any atom is 0.218 e. The van der Waals surface area contributed by atoms with Gasteiger partial charge in [-0.3, -0.25) is 0 Å². The van der Waals surface area contributed by atoms with Crippen molar-refractivity contribution in [3.8, 4) is 5.88 Å². The van der Waals surface area contributed by atoms with Crippen LogP contribution in [-0.2, 0) is 0 Å². The van der Waals surface area contributed by atoms with Gasteiger partial charge in [-0.05, 0) is 20.3 Å². The van der Waals surface area contributed by atoms with E-state index >= 15 is 0 Å². The fourth-order valence-corrected chi connectivity index (χ4v) is 1.04. The Morgan fingerprint density at radius 1 is 1.44 bits per heavy atom. The first kappa shape index (κ1) is 12.7. The van der Waals surface area contributed by atoms with Crippen molar-refractivity contribution >= 4 is 5.82 Å². The molecule has 0 saturated heterocycles. The van der Waals surface area contributed by atoms with Gasteiger partial charge in [0, 0.05) is 18.2 Å². The predicted molar refractivity (Wildman–Crippen MR) is 64.6 cm³/mol. The van der Waals surface area contributed by atoms with E-state index in [4.69, 9.17) is 10.5 Å². The monoisotopic (exact) mass is 224 g/mol. The van der Waals surface area contributed by atoms with Crippen LogP contribution in [0.15, 0.2) is 12.4 Å². The third-order valence-electron chi connectivity index (χ3n) is 1.82. The van der Waals surface area contributed by atoms with E-state index in [2.05, 4.69) is 22.2 Å². The van der Waals surface area contributed by atoms with E-state index < -0.39 is 0 Å². The van der Waals surface area contributed by atoms with Gasteiger partial charge in [0.2, 0.25) is 5.88 Å². The Bertz CT molecular complexity index is 322. The van der Waals surface area contributed by atoms with Crippen molar-refractivity contribution in [3.05, 3.63) is 12.4 Å². The van der Waals surface area contributed by atoms with Gasteiger partial charge in [0.1, 0.15) is 12.1 Å². The lowest BCUT2D eigenvalue weighted by molar-refractivity contribution is 0.305. The number of anilines is 1. The molecule has 1 aromatic rings. The zero-order chi connectivity index (χ0) is 12.0. The van der Waals surface area contributed by atoms with Crippen LogP contribution in [0.5, 0.6) is 5.88 Å². The summed E-state index contributed by atoms with van der Waals surface area (Å²) < 4.78 is 5.41. The van der Waals surface area contributed by atoms with Crippen LogP contribution in [0, 0.1) is 0 Å². The number of ether oxygens (including phenoxy) is 1. The highest BCUT2D eigenvalue weighted by molar-refractivity contribution is 5.37. The van der Waals surface area contributed by atoms with Gasteiger partial charge in [0.05, 0.1) is 6.61 Å². The Kier molecular flexibility index (Phi) is 4.49. The van der Waals surface area contributed by atoms with E-state index in [1.165, 1.54) is 6.33 Å². The molecule has 0 aromatic carbocycles. The van der Waals surface area contributed by atoms with Gasteiger partial charge < -0.3 is 15.8 Å². The van der Waals surface area contributed by atoms with Gasteiger partial charge >= 0.3 is 0 Å². The molecule has 3 N–H and O–H groups in total. The summed E-state index contributed by atoms with van der Waals surface area (Å²) in [6, 6.07) is 1.78. The van der Waals surface area contributed by atoms with Crippen LogP contribution in [0.1, 0.15) is 27.2 Å². The number of nitrogens with one attached hydrogen (secondary N) is 1. The summed E-state index contributed by atoms with van der Waals surface area (Å²) in [5.74, 6) is 1.33. The van der Waals surface area contributed by atoms with Crippen LogP contribution in [-0.4, -0.2) is 28.7 Å². The summed E-state index contributed by atoms with van der Waals surface area (Å²) in [7, 11) is 0. The van der Waals surface area contributed by atoms with Crippen LogP contribution in [0.2, 0.25) is 0 Å². The minimum Gasteiger partial charge on any atom is -0.478 e. The molecule has 0 spiro atoms. The highest BCUT2D eigenvalue weighted by Gasteiger charge is 2.10. The molecule has 0 aliphatic rings. The molecule has 1 rings (SSSR count). The fraction of sp³-hybridized carbons (Fsp3) is 0.636. The standard InChI is InChI=1S/C11H20N4O/c1-4-5-16-10-6-9(14-8-15-10)13-7-11(2,3)12/h6,8H,4-5,7,12H2,1-3H3,(H,13,14,15).